The summed E-state index contributed by atoms with van der Waals surface area (Å²) in [5.41, 5.74) is -0.187. The van der Waals surface area contributed by atoms with Gasteiger partial charge >= 0.3 is 0 Å². The fraction of sp³-hybridized carbons (Fsp3) is 0.125. The molecule has 0 aliphatic carbocycles. The van der Waals surface area contributed by atoms with E-state index in [2.05, 4.69) is 25.7 Å². The van der Waals surface area contributed by atoms with E-state index < -0.39 is 5.91 Å². The molecule has 11 nitrogen and oxygen atoms in total. The molecule has 1 N–H and O–H groups in total. The first kappa shape index (κ1) is 16.4. The second kappa shape index (κ2) is 7.07. The Hall–Kier alpha value is -4.02. The van der Waals surface area contributed by atoms with Gasteiger partial charge in [-0.05, 0) is 18.2 Å². The number of furan rings is 1. The Morgan fingerprint density at radius 1 is 1.22 bits per heavy atom. The topological polar surface area (TPSA) is 134 Å². The van der Waals surface area contributed by atoms with Gasteiger partial charge in [0.1, 0.15) is 12.7 Å². The minimum absolute atomic E-state index is 0.109. The molecule has 0 aliphatic heterocycles. The SMILES string of the molecule is O=C(NCCn1nc(-n2cncn2)ccc1=O)c1cc(-c2ccco2)on1. The Balaban J connectivity index is 1.39. The molecule has 0 radical (unpaired) electrons. The predicted molar refractivity (Wildman–Crippen MR) is 90.0 cm³/mol. The molecule has 0 bridgehead atoms. The summed E-state index contributed by atoms with van der Waals surface area (Å²) in [6, 6.07) is 7.79. The molecule has 0 atom stereocenters. The lowest BCUT2D eigenvalue weighted by molar-refractivity contribution is 0.0942. The molecule has 0 saturated heterocycles. The van der Waals surface area contributed by atoms with E-state index in [1.807, 2.05) is 0 Å². The van der Waals surface area contributed by atoms with Gasteiger partial charge in [-0.15, -0.1) is 5.10 Å². The van der Waals surface area contributed by atoms with Gasteiger partial charge in [-0.25, -0.2) is 14.3 Å². The van der Waals surface area contributed by atoms with Gasteiger partial charge in [0.25, 0.3) is 11.5 Å². The fourth-order valence-electron chi connectivity index (χ4n) is 2.33. The standard InChI is InChI=1S/C16H13N7O4/c24-15-4-3-14(23-10-17-9-19-23)20-22(15)6-5-18-16(25)11-8-13(27-21-11)12-2-1-7-26-12/h1-4,7-10H,5-6H2,(H,18,25). The van der Waals surface area contributed by atoms with Gasteiger partial charge in [0.2, 0.25) is 5.76 Å². The van der Waals surface area contributed by atoms with Crippen LogP contribution in [0.2, 0.25) is 0 Å². The zero-order valence-corrected chi connectivity index (χ0v) is 13.8. The van der Waals surface area contributed by atoms with E-state index in [0.717, 1.165) is 0 Å². The van der Waals surface area contributed by atoms with Crippen molar-refractivity contribution in [2.45, 2.75) is 6.54 Å². The molecule has 4 rings (SSSR count). The van der Waals surface area contributed by atoms with E-state index in [0.29, 0.717) is 17.3 Å². The second-order valence-electron chi connectivity index (χ2n) is 5.40. The molecule has 4 heterocycles. The third kappa shape index (κ3) is 3.51. The number of carbonyl (C=O) groups is 1. The van der Waals surface area contributed by atoms with Crippen LogP contribution in [0.4, 0.5) is 0 Å². The smallest absolute Gasteiger partial charge is 0.273 e. The van der Waals surface area contributed by atoms with Crippen molar-refractivity contribution in [1.82, 2.24) is 35.0 Å². The summed E-state index contributed by atoms with van der Waals surface area (Å²) in [4.78, 5) is 27.9. The monoisotopic (exact) mass is 367 g/mol. The van der Waals surface area contributed by atoms with E-state index in [-0.39, 0.29) is 24.3 Å². The maximum atomic E-state index is 12.2. The highest BCUT2D eigenvalue weighted by molar-refractivity contribution is 5.92. The van der Waals surface area contributed by atoms with E-state index in [9.17, 15) is 9.59 Å². The molecule has 0 saturated carbocycles. The number of rotatable bonds is 6. The maximum absolute atomic E-state index is 12.2. The summed E-state index contributed by atoms with van der Waals surface area (Å²) in [7, 11) is 0. The number of carbonyl (C=O) groups excluding carboxylic acids is 1. The highest BCUT2D eigenvalue weighted by Gasteiger charge is 2.15. The van der Waals surface area contributed by atoms with E-state index in [4.69, 9.17) is 8.94 Å². The normalized spacial score (nSPS) is 10.8. The largest absolute Gasteiger partial charge is 0.461 e. The summed E-state index contributed by atoms with van der Waals surface area (Å²) in [6.45, 7) is 0.353. The van der Waals surface area contributed by atoms with Gasteiger partial charge in [0.05, 0.1) is 12.8 Å². The van der Waals surface area contributed by atoms with Crippen LogP contribution in [0.3, 0.4) is 0 Å². The molecular weight excluding hydrogens is 354 g/mol. The molecular formula is C16H13N7O4. The highest BCUT2D eigenvalue weighted by Crippen LogP contribution is 2.20. The van der Waals surface area contributed by atoms with E-state index in [1.54, 1.807) is 12.1 Å². The molecule has 0 aromatic carbocycles. The first-order valence-corrected chi connectivity index (χ1v) is 7.93. The van der Waals surface area contributed by atoms with Crippen LogP contribution in [0.5, 0.6) is 0 Å². The molecule has 4 aromatic rings. The van der Waals surface area contributed by atoms with Crippen LogP contribution in [0.15, 0.2) is 63.0 Å². The van der Waals surface area contributed by atoms with Crippen LogP contribution >= 0.6 is 0 Å². The zero-order chi connectivity index (χ0) is 18.6. The quantitative estimate of drug-likeness (QED) is 0.521. The average Bonchev–Trinajstić information content (AvgIpc) is 3.43. The molecule has 0 unspecified atom stereocenters. The van der Waals surface area contributed by atoms with Gasteiger partial charge in [-0.3, -0.25) is 9.59 Å². The predicted octanol–water partition coefficient (Wildman–Crippen LogP) is 0.502. The molecule has 0 aliphatic rings. The molecule has 0 fully saturated rings. The number of aromatic nitrogens is 6. The van der Waals surface area contributed by atoms with E-state index >= 15 is 0 Å². The van der Waals surface area contributed by atoms with Gasteiger partial charge in [-0.2, -0.15) is 5.10 Å². The first-order chi connectivity index (χ1) is 13.2. The molecule has 1 amide bonds. The Labute approximate surface area is 151 Å². The highest BCUT2D eigenvalue weighted by atomic mass is 16.5. The second-order valence-corrected chi connectivity index (χ2v) is 5.40. The lowest BCUT2D eigenvalue weighted by Gasteiger charge is -2.07. The Bertz CT molecular complexity index is 1100. The molecule has 0 spiro atoms. The van der Waals surface area contributed by atoms with Crippen molar-refractivity contribution in [2.24, 2.45) is 0 Å². The van der Waals surface area contributed by atoms with Crippen LogP contribution in [-0.4, -0.2) is 42.2 Å². The van der Waals surface area contributed by atoms with Crippen LogP contribution in [0.1, 0.15) is 10.5 Å². The number of hydrogen-bond donors (Lipinski definition) is 1. The summed E-state index contributed by atoms with van der Waals surface area (Å²) in [6.07, 6.45) is 4.34. The Morgan fingerprint density at radius 2 is 2.15 bits per heavy atom. The fourth-order valence-corrected chi connectivity index (χ4v) is 2.33. The van der Waals surface area contributed by atoms with Crippen molar-refractivity contribution in [3.05, 3.63) is 65.3 Å². The minimum Gasteiger partial charge on any atom is -0.461 e. The van der Waals surface area contributed by atoms with Gasteiger partial charge in [-0.1, -0.05) is 5.16 Å². The van der Waals surface area contributed by atoms with Crippen molar-refractivity contribution in [3.8, 4) is 17.3 Å². The van der Waals surface area contributed by atoms with Crippen molar-refractivity contribution in [2.75, 3.05) is 6.54 Å². The first-order valence-electron chi connectivity index (χ1n) is 7.93. The van der Waals surface area contributed by atoms with Crippen LogP contribution in [-0.2, 0) is 6.54 Å². The van der Waals surface area contributed by atoms with E-state index in [1.165, 1.54) is 46.5 Å². The lowest BCUT2D eigenvalue weighted by atomic mass is 10.3. The molecule has 136 valence electrons. The zero-order valence-electron chi connectivity index (χ0n) is 13.8. The number of hydrogen-bond acceptors (Lipinski definition) is 8. The summed E-state index contributed by atoms with van der Waals surface area (Å²) < 4.78 is 12.9. The van der Waals surface area contributed by atoms with Crippen molar-refractivity contribution >= 4 is 5.91 Å². The van der Waals surface area contributed by atoms with Crippen LogP contribution in [0, 0.1) is 0 Å². The molecule has 11 heteroatoms. The summed E-state index contributed by atoms with van der Waals surface area (Å²) >= 11 is 0. The van der Waals surface area contributed by atoms with Crippen molar-refractivity contribution < 1.29 is 13.7 Å². The summed E-state index contributed by atoms with van der Waals surface area (Å²) in [5, 5.41) is 14.5. The number of nitrogens with one attached hydrogen (secondary N) is 1. The average molecular weight is 367 g/mol. The minimum atomic E-state index is -0.433. The van der Waals surface area contributed by atoms with Crippen LogP contribution < -0.4 is 10.9 Å². The third-order valence-corrected chi connectivity index (χ3v) is 3.62. The van der Waals surface area contributed by atoms with Gasteiger partial charge < -0.3 is 14.3 Å². The lowest BCUT2D eigenvalue weighted by Crippen LogP contribution is -2.32. The van der Waals surface area contributed by atoms with Crippen molar-refractivity contribution in [3.63, 3.8) is 0 Å². The van der Waals surface area contributed by atoms with Gasteiger partial charge in [0, 0.05) is 18.7 Å². The van der Waals surface area contributed by atoms with Crippen molar-refractivity contribution in [1.29, 1.82) is 0 Å². The third-order valence-electron chi connectivity index (χ3n) is 3.62. The Morgan fingerprint density at radius 3 is 2.93 bits per heavy atom. The molecule has 4 aromatic heterocycles. The summed E-state index contributed by atoms with van der Waals surface area (Å²) in [5.74, 6) is 0.834. The van der Waals surface area contributed by atoms with Gasteiger partial charge in [0.15, 0.2) is 17.3 Å². The van der Waals surface area contributed by atoms with Crippen LogP contribution in [0.25, 0.3) is 17.3 Å². The Kier molecular flexibility index (Phi) is 4.31. The molecule has 27 heavy (non-hydrogen) atoms. The number of amides is 1. The number of nitrogens with zero attached hydrogens (tertiary/aromatic N) is 6. The maximum Gasteiger partial charge on any atom is 0.273 e.